The Bertz CT molecular complexity index is 737. The van der Waals surface area contributed by atoms with Crippen LogP contribution in [0.25, 0.3) is 0 Å². The molecule has 1 aromatic heterocycles. The van der Waals surface area contributed by atoms with Crippen LogP contribution in [0, 0.1) is 17.1 Å². The predicted octanol–water partition coefficient (Wildman–Crippen LogP) is 2.83. The summed E-state index contributed by atoms with van der Waals surface area (Å²) < 4.78 is 15.3. The van der Waals surface area contributed by atoms with Gasteiger partial charge in [0, 0.05) is 0 Å². The number of nitrogens with zero attached hydrogens (tertiary/aromatic N) is 3. The van der Waals surface area contributed by atoms with Crippen LogP contribution in [-0.4, -0.2) is 9.78 Å². The average Bonchev–Trinajstić information content (AvgIpc) is 2.41. The molecule has 0 spiro atoms. The molecule has 2 rings (SSSR count). The molecule has 0 saturated carbocycles. The van der Waals surface area contributed by atoms with Crippen molar-refractivity contribution >= 4 is 31.9 Å². The van der Waals surface area contributed by atoms with Crippen molar-refractivity contribution in [3.05, 3.63) is 60.6 Å². The van der Waals surface area contributed by atoms with Crippen molar-refractivity contribution in [3.63, 3.8) is 0 Å². The molecule has 0 aliphatic carbocycles. The van der Waals surface area contributed by atoms with Crippen LogP contribution in [0.15, 0.2) is 38.1 Å². The number of aromatic nitrogens is 2. The zero-order valence-electron chi connectivity index (χ0n) is 9.40. The lowest BCUT2D eigenvalue weighted by molar-refractivity contribution is 0.614. The Morgan fingerprint density at radius 1 is 1.42 bits per heavy atom. The Morgan fingerprint density at radius 2 is 2.16 bits per heavy atom. The molecule has 0 N–H and O–H groups in total. The van der Waals surface area contributed by atoms with Crippen molar-refractivity contribution in [1.82, 2.24) is 9.78 Å². The van der Waals surface area contributed by atoms with Gasteiger partial charge in [0.15, 0.2) is 0 Å². The molecular formula is C12H6Br2FN3O. The number of hydrogen-bond acceptors (Lipinski definition) is 3. The maximum Gasteiger partial charge on any atom is 0.282 e. The van der Waals surface area contributed by atoms with Gasteiger partial charge in [0.25, 0.3) is 5.56 Å². The van der Waals surface area contributed by atoms with Gasteiger partial charge in [0.05, 0.1) is 22.8 Å². The largest absolute Gasteiger partial charge is 0.282 e. The van der Waals surface area contributed by atoms with E-state index >= 15 is 0 Å². The minimum absolute atomic E-state index is 0.0540. The molecule has 0 fully saturated rings. The van der Waals surface area contributed by atoms with E-state index in [2.05, 4.69) is 37.0 Å². The summed E-state index contributed by atoms with van der Waals surface area (Å²) in [4.78, 5) is 11.9. The van der Waals surface area contributed by atoms with E-state index in [4.69, 9.17) is 5.26 Å². The van der Waals surface area contributed by atoms with Crippen LogP contribution in [0.5, 0.6) is 0 Å². The van der Waals surface area contributed by atoms with Crippen molar-refractivity contribution in [2.24, 2.45) is 0 Å². The molecule has 19 heavy (non-hydrogen) atoms. The normalized spacial score (nSPS) is 10.2. The Hall–Kier alpha value is -1.52. The van der Waals surface area contributed by atoms with Crippen LogP contribution >= 0.6 is 31.9 Å². The van der Waals surface area contributed by atoms with Crippen molar-refractivity contribution in [2.75, 3.05) is 0 Å². The van der Waals surface area contributed by atoms with E-state index in [-0.39, 0.29) is 17.7 Å². The van der Waals surface area contributed by atoms with E-state index in [9.17, 15) is 9.18 Å². The van der Waals surface area contributed by atoms with Gasteiger partial charge in [-0.25, -0.2) is 9.07 Å². The summed E-state index contributed by atoms with van der Waals surface area (Å²) in [5, 5.41) is 12.7. The summed E-state index contributed by atoms with van der Waals surface area (Å²) in [6.07, 6.45) is 1.49. The van der Waals surface area contributed by atoms with E-state index in [0.29, 0.717) is 14.5 Å². The minimum Gasteiger partial charge on any atom is -0.266 e. The summed E-state index contributed by atoms with van der Waals surface area (Å²) >= 11 is 6.33. The Kier molecular flexibility index (Phi) is 4.12. The molecule has 0 aliphatic heterocycles. The zero-order chi connectivity index (χ0) is 14.0. The van der Waals surface area contributed by atoms with Crippen LogP contribution in [0.2, 0.25) is 0 Å². The van der Waals surface area contributed by atoms with Gasteiger partial charge in [0.1, 0.15) is 16.4 Å². The van der Waals surface area contributed by atoms with Crippen molar-refractivity contribution in [1.29, 1.82) is 5.26 Å². The van der Waals surface area contributed by atoms with Gasteiger partial charge in [-0.15, -0.1) is 0 Å². The van der Waals surface area contributed by atoms with Gasteiger partial charge in [-0.1, -0.05) is 6.07 Å². The fourth-order valence-electron chi connectivity index (χ4n) is 1.49. The fourth-order valence-corrected chi connectivity index (χ4v) is 2.06. The van der Waals surface area contributed by atoms with Crippen LogP contribution < -0.4 is 5.56 Å². The summed E-state index contributed by atoms with van der Waals surface area (Å²) in [5.41, 5.74) is 0.265. The van der Waals surface area contributed by atoms with Crippen molar-refractivity contribution in [2.45, 2.75) is 6.54 Å². The molecule has 0 unspecified atom stereocenters. The van der Waals surface area contributed by atoms with Gasteiger partial charge in [0.2, 0.25) is 0 Å². The summed E-state index contributed by atoms with van der Waals surface area (Å²) in [6.45, 7) is 0.166. The summed E-state index contributed by atoms with van der Waals surface area (Å²) in [6, 6.07) is 5.87. The van der Waals surface area contributed by atoms with E-state index in [0.717, 1.165) is 0 Å². The number of hydrogen-bond donors (Lipinski definition) is 0. The highest BCUT2D eigenvalue weighted by Crippen LogP contribution is 2.17. The second-order valence-corrected chi connectivity index (χ2v) is 5.34. The summed E-state index contributed by atoms with van der Waals surface area (Å²) in [5.74, 6) is -0.580. The second kappa shape index (κ2) is 5.63. The topological polar surface area (TPSA) is 58.7 Å². The van der Waals surface area contributed by atoms with Gasteiger partial charge >= 0.3 is 0 Å². The molecule has 4 nitrogen and oxygen atoms in total. The SMILES string of the molecule is N#Cc1cc(Cn2ncc(Br)c(Br)c2=O)ccc1F. The average molecular weight is 387 g/mol. The van der Waals surface area contributed by atoms with E-state index in [1.165, 1.54) is 29.1 Å². The van der Waals surface area contributed by atoms with Crippen LogP contribution in [0.3, 0.4) is 0 Å². The first-order valence-corrected chi connectivity index (χ1v) is 6.71. The van der Waals surface area contributed by atoms with Gasteiger partial charge in [-0.3, -0.25) is 4.79 Å². The first-order chi connectivity index (χ1) is 9.02. The molecule has 7 heteroatoms. The molecule has 0 aliphatic rings. The van der Waals surface area contributed by atoms with Crippen molar-refractivity contribution < 1.29 is 4.39 Å². The van der Waals surface area contributed by atoms with Gasteiger partial charge in [-0.2, -0.15) is 10.4 Å². The molecule has 2 aromatic rings. The van der Waals surface area contributed by atoms with Crippen LogP contribution in [-0.2, 0) is 6.54 Å². The molecule has 1 aromatic carbocycles. The third-order valence-corrected chi connectivity index (χ3v) is 4.33. The molecule has 96 valence electrons. The van der Waals surface area contributed by atoms with Gasteiger partial charge < -0.3 is 0 Å². The highest BCUT2D eigenvalue weighted by molar-refractivity contribution is 9.13. The lowest BCUT2D eigenvalue weighted by atomic mass is 10.1. The zero-order valence-corrected chi connectivity index (χ0v) is 12.6. The second-order valence-electron chi connectivity index (χ2n) is 3.70. The molecular weight excluding hydrogens is 381 g/mol. The maximum atomic E-state index is 13.2. The first kappa shape index (κ1) is 13.9. The number of rotatable bonds is 2. The quantitative estimate of drug-likeness (QED) is 0.797. The molecule has 0 saturated heterocycles. The first-order valence-electron chi connectivity index (χ1n) is 5.12. The smallest absolute Gasteiger partial charge is 0.266 e. The Morgan fingerprint density at radius 3 is 2.84 bits per heavy atom. The van der Waals surface area contributed by atoms with Crippen molar-refractivity contribution in [3.8, 4) is 6.07 Å². The minimum atomic E-state index is -0.580. The molecule has 0 atom stereocenters. The molecule has 0 radical (unpaired) electrons. The molecule has 0 bridgehead atoms. The Balaban J connectivity index is 2.40. The lowest BCUT2D eigenvalue weighted by Gasteiger charge is -2.06. The van der Waals surface area contributed by atoms with Gasteiger partial charge in [-0.05, 0) is 49.6 Å². The third-order valence-electron chi connectivity index (χ3n) is 2.43. The lowest BCUT2D eigenvalue weighted by Crippen LogP contribution is -2.24. The van der Waals surface area contributed by atoms with E-state index in [1.807, 2.05) is 0 Å². The third kappa shape index (κ3) is 2.91. The highest BCUT2D eigenvalue weighted by atomic mass is 79.9. The monoisotopic (exact) mass is 385 g/mol. The fraction of sp³-hybridized carbons (Fsp3) is 0.0833. The number of halogens is 3. The molecule has 0 amide bonds. The van der Waals surface area contributed by atoms with Crippen LogP contribution in [0.1, 0.15) is 11.1 Å². The Labute approximate surface area is 124 Å². The number of benzene rings is 1. The van der Waals surface area contributed by atoms with Crippen LogP contribution in [0.4, 0.5) is 4.39 Å². The van der Waals surface area contributed by atoms with E-state index in [1.54, 1.807) is 6.07 Å². The standard InChI is InChI=1S/C12H6Br2FN3O/c13-9-5-17-18(12(19)11(9)14)6-7-1-2-10(15)8(3-7)4-16/h1-3,5H,6H2. The highest BCUT2D eigenvalue weighted by Gasteiger charge is 2.08. The molecule has 1 heterocycles. The van der Waals surface area contributed by atoms with E-state index < -0.39 is 5.82 Å². The predicted molar refractivity (Wildman–Crippen MR) is 74.1 cm³/mol. The number of nitriles is 1. The summed E-state index contributed by atoms with van der Waals surface area (Å²) in [7, 11) is 0. The maximum absolute atomic E-state index is 13.2.